The Morgan fingerprint density at radius 2 is 1.66 bits per heavy atom. The number of halogens is 3. The molecule has 0 fully saturated rings. The summed E-state index contributed by atoms with van der Waals surface area (Å²) in [5.74, 6) is 0.891. The average Bonchev–Trinajstić information content (AvgIpc) is 2.67. The molecule has 0 aliphatic heterocycles. The van der Waals surface area contributed by atoms with Gasteiger partial charge in [0.25, 0.3) is 0 Å². The molecule has 3 aromatic rings. The van der Waals surface area contributed by atoms with E-state index in [1.165, 1.54) is 5.56 Å². The van der Waals surface area contributed by atoms with Gasteiger partial charge in [-0.1, -0.05) is 85.9 Å². The van der Waals surface area contributed by atoms with Crippen molar-refractivity contribution >= 4 is 40.8 Å². The maximum absolute atomic E-state index is 6.05. The zero-order valence-corrected chi connectivity index (χ0v) is 18.7. The van der Waals surface area contributed by atoms with Crippen LogP contribution in [0.3, 0.4) is 0 Å². The van der Waals surface area contributed by atoms with E-state index in [0.29, 0.717) is 18.3 Å². The number of alkyl halides is 3. The smallest absolute Gasteiger partial charge is 0.250 e. The third kappa shape index (κ3) is 6.01. The van der Waals surface area contributed by atoms with Gasteiger partial charge in [-0.3, -0.25) is 4.98 Å². The lowest BCUT2D eigenvalue weighted by molar-refractivity contribution is 0.590. The van der Waals surface area contributed by atoms with Crippen LogP contribution in [0.1, 0.15) is 37.7 Å². The molecule has 152 valence electrons. The maximum Gasteiger partial charge on any atom is 0.250 e. The molecular weight excluding hydrogens is 429 g/mol. The number of aromatic nitrogens is 4. The normalized spacial score (nSPS) is 12.1. The van der Waals surface area contributed by atoms with E-state index >= 15 is 0 Å². The number of rotatable bonds is 5. The molecule has 0 bridgehead atoms. The van der Waals surface area contributed by atoms with Crippen molar-refractivity contribution in [3.05, 3.63) is 65.7 Å². The summed E-state index contributed by atoms with van der Waals surface area (Å²) in [5.41, 5.74) is 3.20. The van der Waals surface area contributed by atoms with Crippen molar-refractivity contribution in [2.75, 3.05) is 11.9 Å². The van der Waals surface area contributed by atoms with E-state index in [-0.39, 0.29) is 11.2 Å². The standard InChI is InChI=1S/C21H22Cl3N5/c1-20(2,3)16-8-6-15(7-9-16)17-27-18(21(22,23)24)29-19(28-17)26-12-10-14-5-4-11-25-13-14/h4-9,11,13H,10,12H2,1-3H3,(H,26,27,28,29). The van der Waals surface area contributed by atoms with E-state index in [0.717, 1.165) is 17.5 Å². The fourth-order valence-corrected chi connectivity index (χ4v) is 2.95. The number of benzene rings is 1. The molecule has 5 nitrogen and oxygen atoms in total. The fraction of sp³-hybridized carbons (Fsp3) is 0.333. The van der Waals surface area contributed by atoms with Crippen molar-refractivity contribution in [1.29, 1.82) is 0 Å². The summed E-state index contributed by atoms with van der Waals surface area (Å²) < 4.78 is -1.75. The summed E-state index contributed by atoms with van der Waals surface area (Å²) in [4.78, 5) is 17.3. The van der Waals surface area contributed by atoms with Crippen LogP contribution < -0.4 is 5.32 Å². The van der Waals surface area contributed by atoms with Gasteiger partial charge in [-0.15, -0.1) is 0 Å². The van der Waals surface area contributed by atoms with Crippen LogP contribution in [0.4, 0.5) is 5.95 Å². The molecule has 0 saturated carbocycles. The number of nitrogens with zero attached hydrogens (tertiary/aromatic N) is 4. The first kappa shape index (κ1) is 21.8. The number of hydrogen-bond donors (Lipinski definition) is 1. The van der Waals surface area contributed by atoms with E-state index in [9.17, 15) is 0 Å². The molecule has 2 aromatic heterocycles. The predicted molar refractivity (Wildman–Crippen MR) is 120 cm³/mol. The summed E-state index contributed by atoms with van der Waals surface area (Å²) in [5, 5.41) is 3.19. The fourth-order valence-electron chi connectivity index (χ4n) is 2.69. The quantitative estimate of drug-likeness (QED) is 0.504. The zero-order chi connectivity index (χ0) is 21.1. The molecule has 1 N–H and O–H groups in total. The minimum absolute atomic E-state index is 0.0549. The molecule has 0 amide bonds. The second-order valence-corrected chi connectivity index (χ2v) is 9.95. The second kappa shape index (κ2) is 8.82. The lowest BCUT2D eigenvalue weighted by atomic mass is 9.87. The van der Waals surface area contributed by atoms with Crippen LogP contribution in [0, 0.1) is 0 Å². The summed E-state index contributed by atoms with van der Waals surface area (Å²) in [6.45, 7) is 7.10. The van der Waals surface area contributed by atoms with Crippen LogP contribution in [-0.4, -0.2) is 26.5 Å². The van der Waals surface area contributed by atoms with Gasteiger partial charge in [0.05, 0.1) is 0 Å². The number of nitrogens with one attached hydrogen (secondary N) is 1. The van der Waals surface area contributed by atoms with E-state index in [2.05, 4.69) is 58.2 Å². The highest BCUT2D eigenvalue weighted by Gasteiger charge is 2.28. The Morgan fingerprint density at radius 1 is 0.931 bits per heavy atom. The molecule has 0 unspecified atom stereocenters. The third-order valence-corrected chi connectivity index (χ3v) is 4.82. The topological polar surface area (TPSA) is 63.6 Å². The monoisotopic (exact) mass is 449 g/mol. The van der Waals surface area contributed by atoms with Gasteiger partial charge in [-0.2, -0.15) is 9.97 Å². The van der Waals surface area contributed by atoms with Crippen LogP contribution in [0.2, 0.25) is 0 Å². The molecule has 0 radical (unpaired) electrons. The lowest BCUT2D eigenvalue weighted by Crippen LogP contribution is -2.15. The highest BCUT2D eigenvalue weighted by molar-refractivity contribution is 6.66. The second-order valence-electron chi connectivity index (χ2n) is 7.67. The Kier molecular flexibility index (Phi) is 6.62. The van der Waals surface area contributed by atoms with Gasteiger partial charge < -0.3 is 5.32 Å². The Morgan fingerprint density at radius 3 is 2.24 bits per heavy atom. The van der Waals surface area contributed by atoms with Crippen LogP contribution in [-0.2, 0) is 15.6 Å². The van der Waals surface area contributed by atoms with E-state index < -0.39 is 3.79 Å². The van der Waals surface area contributed by atoms with Gasteiger partial charge >= 0.3 is 0 Å². The minimum Gasteiger partial charge on any atom is -0.354 e. The summed E-state index contributed by atoms with van der Waals surface area (Å²) in [6.07, 6.45) is 4.33. The molecule has 0 aliphatic rings. The van der Waals surface area contributed by atoms with E-state index in [4.69, 9.17) is 34.8 Å². The van der Waals surface area contributed by atoms with Crippen molar-refractivity contribution in [2.45, 2.75) is 36.4 Å². The van der Waals surface area contributed by atoms with Crippen LogP contribution in [0.25, 0.3) is 11.4 Å². The molecule has 2 heterocycles. The Labute approximate surface area is 185 Å². The van der Waals surface area contributed by atoms with Crippen LogP contribution in [0.5, 0.6) is 0 Å². The molecule has 0 saturated heterocycles. The van der Waals surface area contributed by atoms with Gasteiger partial charge in [0.1, 0.15) is 0 Å². The first-order valence-corrected chi connectivity index (χ1v) is 10.3. The third-order valence-electron chi connectivity index (χ3n) is 4.32. The largest absolute Gasteiger partial charge is 0.354 e. The molecule has 0 atom stereocenters. The van der Waals surface area contributed by atoms with Gasteiger partial charge in [0, 0.05) is 24.5 Å². The average molecular weight is 451 g/mol. The van der Waals surface area contributed by atoms with Gasteiger partial charge in [-0.25, -0.2) is 4.98 Å². The molecule has 0 aliphatic carbocycles. The molecule has 8 heteroatoms. The predicted octanol–water partition coefficient (Wildman–Crippen LogP) is 5.71. The van der Waals surface area contributed by atoms with Crippen molar-refractivity contribution in [2.24, 2.45) is 0 Å². The Balaban J connectivity index is 1.85. The van der Waals surface area contributed by atoms with Crippen molar-refractivity contribution < 1.29 is 0 Å². The Hall–Kier alpha value is -1.95. The first-order chi connectivity index (χ1) is 13.6. The Bertz CT molecular complexity index is 949. The van der Waals surface area contributed by atoms with Gasteiger partial charge in [-0.05, 0) is 29.0 Å². The molecule has 3 rings (SSSR count). The van der Waals surface area contributed by atoms with Crippen molar-refractivity contribution in [3.8, 4) is 11.4 Å². The van der Waals surface area contributed by atoms with Crippen LogP contribution in [0.15, 0.2) is 48.8 Å². The minimum atomic E-state index is -1.75. The highest BCUT2D eigenvalue weighted by Crippen LogP contribution is 2.37. The number of pyridine rings is 1. The van der Waals surface area contributed by atoms with E-state index in [1.807, 2.05) is 30.5 Å². The number of hydrogen-bond acceptors (Lipinski definition) is 5. The number of anilines is 1. The molecule has 0 spiro atoms. The first-order valence-electron chi connectivity index (χ1n) is 9.20. The van der Waals surface area contributed by atoms with Crippen molar-refractivity contribution in [1.82, 2.24) is 19.9 Å². The molecular formula is C21H22Cl3N5. The van der Waals surface area contributed by atoms with Crippen LogP contribution >= 0.6 is 34.8 Å². The summed E-state index contributed by atoms with van der Waals surface area (Å²) in [7, 11) is 0. The summed E-state index contributed by atoms with van der Waals surface area (Å²) in [6, 6.07) is 12.0. The van der Waals surface area contributed by atoms with Gasteiger partial charge in [0.15, 0.2) is 11.6 Å². The SMILES string of the molecule is CC(C)(C)c1ccc(-c2nc(NCCc3cccnc3)nc(C(Cl)(Cl)Cl)n2)cc1. The zero-order valence-electron chi connectivity index (χ0n) is 16.5. The van der Waals surface area contributed by atoms with E-state index in [1.54, 1.807) is 6.20 Å². The van der Waals surface area contributed by atoms with Crippen molar-refractivity contribution in [3.63, 3.8) is 0 Å². The highest BCUT2D eigenvalue weighted by atomic mass is 35.6. The summed E-state index contributed by atoms with van der Waals surface area (Å²) >= 11 is 18.1. The molecule has 29 heavy (non-hydrogen) atoms. The van der Waals surface area contributed by atoms with Gasteiger partial charge in [0.2, 0.25) is 9.74 Å². The maximum atomic E-state index is 6.05. The lowest BCUT2D eigenvalue weighted by Gasteiger charge is -2.19. The molecule has 1 aromatic carbocycles.